The molecule has 0 aliphatic heterocycles. The Labute approximate surface area is 73.7 Å². The molecule has 0 aliphatic rings. The zero-order valence-corrected chi connectivity index (χ0v) is 6.94. The Morgan fingerprint density at radius 3 is 2.85 bits per heavy atom. The van der Waals surface area contributed by atoms with Crippen molar-refractivity contribution in [2.75, 3.05) is 0 Å². The molecule has 0 saturated carbocycles. The van der Waals surface area contributed by atoms with Crippen LogP contribution < -0.4 is 11.1 Å². The molecule has 0 aliphatic carbocycles. The Hall–Kier alpha value is -1.92. The van der Waals surface area contributed by atoms with E-state index in [0.29, 0.717) is 0 Å². The molecular weight excluding hydrogens is 174 g/mol. The van der Waals surface area contributed by atoms with Gasteiger partial charge in [-0.05, 0) is 6.92 Å². The first-order valence-corrected chi connectivity index (χ1v) is 3.57. The predicted molar refractivity (Wildman–Crippen MR) is 42.5 cm³/mol. The van der Waals surface area contributed by atoms with E-state index in [9.17, 15) is 9.59 Å². The number of primary amides is 1. The van der Waals surface area contributed by atoms with E-state index >= 15 is 0 Å². The smallest absolute Gasteiger partial charge is 0.274 e. The van der Waals surface area contributed by atoms with Crippen molar-refractivity contribution in [3.63, 3.8) is 0 Å². The summed E-state index contributed by atoms with van der Waals surface area (Å²) >= 11 is 0. The summed E-state index contributed by atoms with van der Waals surface area (Å²) in [5.41, 5.74) is 5.06. The normalized spacial score (nSPS) is 12.1. The fourth-order valence-corrected chi connectivity index (χ4v) is 0.653. The van der Waals surface area contributed by atoms with Gasteiger partial charge in [-0.15, -0.1) is 0 Å². The molecule has 1 aromatic rings. The summed E-state index contributed by atoms with van der Waals surface area (Å²) in [4.78, 5) is 21.7. The lowest BCUT2D eigenvalue weighted by atomic mass is 10.3. The largest absolute Gasteiger partial charge is 0.368 e. The van der Waals surface area contributed by atoms with Crippen molar-refractivity contribution in [3.05, 3.63) is 11.9 Å². The number of hydrogen-bond donors (Lipinski definition) is 3. The number of carbonyl (C=O) groups excluding carboxylic acids is 2. The number of nitrogens with zero attached hydrogens (tertiary/aromatic N) is 2. The molecule has 0 saturated heterocycles. The van der Waals surface area contributed by atoms with E-state index in [-0.39, 0.29) is 5.69 Å². The van der Waals surface area contributed by atoms with E-state index in [1.807, 2.05) is 0 Å². The van der Waals surface area contributed by atoms with Crippen LogP contribution in [0.1, 0.15) is 17.4 Å². The van der Waals surface area contributed by atoms with Gasteiger partial charge in [-0.2, -0.15) is 15.4 Å². The molecule has 1 unspecified atom stereocenters. The molecule has 1 heterocycles. The maximum Gasteiger partial charge on any atom is 0.274 e. The van der Waals surface area contributed by atoms with Crippen molar-refractivity contribution < 1.29 is 9.59 Å². The van der Waals surface area contributed by atoms with E-state index in [1.54, 1.807) is 0 Å². The average molecular weight is 183 g/mol. The second kappa shape index (κ2) is 3.65. The first-order valence-electron chi connectivity index (χ1n) is 3.57. The highest BCUT2D eigenvalue weighted by Gasteiger charge is 2.14. The summed E-state index contributed by atoms with van der Waals surface area (Å²) < 4.78 is 0. The standard InChI is InChI=1S/C6H9N5O2/c1-3(5(7)12)9-6(13)4-2-8-11-10-4/h2-3H,1H3,(H2,7,12)(H,9,13)(H,8,10,11). The lowest BCUT2D eigenvalue weighted by molar-refractivity contribution is -0.119. The quantitative estimate of drug-likeness (QED) is 0.524. The third kappa shape index (κ3) is 2.26. The van der Waals surface area contributed by atoms with Gasteiger partial charge in [-0.3, -0.25) is 9.59 Å². The number of carbonyl (C=O) groups is 2. The minimum Gasteiger partial charge on any atom is -0.368 e. The number of rotatable bonds is 3. The van der Waals surface area contributed by atoms with Gasteiger partial charge in [-0.25, -0.2) is 0 Å². The minimum absolute atomic E-state index is 0.119. The SMILES string of the molecule is CC(NC(=O)c1cn[nH]n1)C(N)=O. The molecule has 70 valence electrons. The van der Waals surface area contributed by atoms with Crippen LogP contribution in [0.3, 0.4) is 0 Å². The summed E-state index contributed by atoms with van der Waals surface area (Å²) in [6.45, 7) is 1.49. The summed E-state index contributed by atoms with van der Waals surface area (Å²) in [7, 11) is 0. The van der Waals surface area contributed by atoms with Crippen LogP contribution >= 0.6 is 0 Å². The molecular formula is C6H9N5O2. The minimum atomic E-state index is -0.718. The van der Waals surface area contributed by atoms with Crippen molar-refractivity contribution >= 4 is 11.8 Å². The number of hydrogen-bond acceptors (Lipinski definition) is 4. The van der Waals surface area contributed by atoms with E-state index in [0.717, 1.165) is 0 Å². The predicted octanol–water partition coefficient (Wildman–Crippen LogP) is -1.59. The highest BCUT2D eigenvalue weighted by Crippen LogP contribution is 1.89. The molecule has 0 radical (unpaired) electrons. The number of nitrogens with two attached hydrogens (primary N) is 1. The number of aromatic amines is 1. The molecule has 7 nitrogen and oxygen atoms in total. The van der Waals surface area contributed by atoms with Crippen LogP contribution in [0.2, 0.25) is 0 Å². The van der Waals surface area contributed by atoms with E-state index in [2.05, 4.69) is 20.7 Å². The van der Waals surface area contributed by atoms with Gasteiger partial charge >= 0.3 is 0 Å². The molecule has 0 spiro atoms. The lowest BCUT2D eigenvalue weighted by Gasteiger charge is -2.07. The number of nitrogens with one attached hydrogen (secondary N) is 2. The molecule has 1 rings (SSSR count). The molecule has 4 N–H and O–H groups in total. The van der Waals surface area contributed by atoms with Gasteiger partial charge in [0.05, 0.1) is 6.20 Å². The zero-order valence-electron chi connectivity index (χ0n) is 6.94. The van der Waals surface area contributed by atoms with Gasteiger partial charge in [-0.1, -0.05) is 0 Å². The highest BCUT2D eigenvalue weighted by atomic mass is 16.2. The highest BCUT2D eigenvalue weighted by molar-refractivity contribution is 5.95. The van der Waals surface area contributed by atoms with Crippen molar-refractivity contribution in [2.45, 2.75) is 13.0 Å². The van der Waals surface area contributed by atoms with Gasteiger partial charge < -0.3 is 11.1 Å². The molecule has 1 aromatic heterocycles. The molecule has 2 amide bonds. The summed E-state index contributed by atoms with van der Waals surface area (Å²) in [5.74, 6) is -1.09. The monoisotopic (exact) mass is 183 g/mol. The van der Waals surface area contributed by atoms with Crippen LogP contribution in [0.15, 0.2) is 6.20 Å². The third-order valence-corrected chi connectivity index (χ3v) is 1.42. The summed E-state index contributed by atoms with van der Waals surface area (Å²) in [6.07, 6.45) is 1.25. The molecule has 1 atom stereocenters. The molecule has 7 heteroatoms. The molecule has 0 aromatic carbocycles. The zero-order chi connectivity index (χ0) is 9.84. The van der Waals surface area contributed by atoms with Gasteiger partial charge in [0.2, 0.25) is 5.91 Å². The van der Waals surface area contributed by atoms with Gasteiger partial charge in [0, 0.05) is 0 Å². The molecule has 0 fully saturated rings. The second-order valence-electron chi connectivity index (χ2n) is 2.45. The van der Waals surface area contributed by atoms with Crippen LogP contribution in [-0.2, 0) is 4.79 Å². The van der Waals surface area contributed by atoms with Crippen LogP contribution in [0.25, 0.3) is 0 Å². The Morgan fingerprint density at radius 1 is 1.69 bits per heavy atom. The molecule has 13 heavy (non-hydrogen) atoms. The van der Waals surface area contributed by atoms with Crippen molar-refractivity contribution in [1.29, 1.82) is 0 Å². The Bertz CT molecular complexity index is 307. The van der Waals surface area contributed by atoms with E-state index in [1.165, 1.54) is 13.1 Å². The maximum absolute atomic E-state index is 11.2. The molecule has 0 bridgehead atoms. The van der Waals surface area contributed by atoms with Crippen molar-refractivity contribution in [3.8, 4) is 0 Å². The Kier molecular flexibility index (Phi) is 2.58. The number of aromatic nitrogens is 3. The van der Waals surface area contributed by atoms with Crippen LogP contribution in [0.5, 0.6) is 0 Å². The van der Waals surface area contributed by atoms with Crippen LogP contribution in [0.4, 0.5) is 0 Å². The fraction of sp³-hybridized carbons (Fsp3) is 0.333. The first-order chi connectivity index (χ1) is 6.11. The average Bonchev–Trinajstić information content (AvgIpc) is 2.55. The van der Waals surface area contributed by atoms with Gasteiger partial charge in [0.15, 0.2) is 5.69 Å². The summed E-state index contributed by atoms with van der Waals surface area (Å²) in [6, 6.07) is -0.718. The summed E-state index contributed by atoms with van der Waals surface area (Å²) in [5, 5.41) is 11.6. The Balaban J connectivity index is 2.56. The van der Waals surface area contributed by atoms with Gasteiger partial charge in [0.1, 0.15) is 6.04 Å². The topological polar surface area (TPSA) is 114 Å². The Morgan fingerprint density at radius 2 is 2.38 bits per heavy atom. The maximum atomic E-state index is 11.2. The number of H-pyrrole nitrogens is 1. The van der Waals surface area contributed by atoms with Crippen molar-refractivity contribution in [1.82, 2.24) is 20.7 Å². The van der Waals surface area contributed by atoms with E-state index in [4.69, 9.17) is 5.73 Å². The fourth-order valence-electron chi connectivity index (χ4n) is 0.653. The first kappa shape index (κ1) is 9.17. The number of amides is 2. The van der Waals surface area contributed by atoms with Crippen molar-refractivity contribution in [2.24, 2.45) is 5.73 Å². The third-order valence-electron chi connectivity index (χ3n) is 1.42. The van der Waals surface area contributed by atoms with Crippen LogP contribution in [0, 0.1) is 0 Å². The second-order valence-corrected chi connectivity index (χ2v) is 2.45. The lowest BCUT2D eigenvalue weighted by Crippen LogP contribution is -2.42. The van der Waals surface area contributed by atoms with Crippen LogP contribution in [-0.4, -0.2) is 33.3 Å². The van der Waals surface area contributed by atoms with Gasteiger partial charge in [0.25, 0.3) is 5.91 Å². The van der Waals surface area contributed by atoms with E-state index < -0.39 is 17.9 Å².